The van der Waals surface area contributed by atoms with Crippen molar-refractivity contribution >= 4 is 0 Å². The van der Waals surface area contributed by atoms with Crippen molar-refractivity contribution in [1.82, 2.24) is 0 Å². The first-order valence-electron chi connectivity index (χ1n) is 9.70. The Bertz CT molecular complexity index is 885. The predicted molar refractivity (Wildman–Crippen MR) is 115 cm³/mol. The molecule has 2 rings (SSSR count). The molecule has 0 aliphatic rings. The molecule has 0 aliphatic carbocycles. The van der Waals surface area contributed by atoms with E-state index in [9.17, 15) is 8.78 Å². The van der Waals surface area contributed by atoms with E-state index in [1.807, 2.05) is 0 Å². The van der Waals surface area contributed by atoms with E-state index >= 15 is 0 Å². The number of halogens is 2. The van der Waals surface area contributed by atoms with Crippen LogP contribution in [0.25, 0.3) is 0 Å². The minimum absolute atomic E-state index is 0.196. The van der Waals surface area contributed by atoms with Crippen LogP contribution in [-0.4, -0.2) is 0 Å². The van der Waals surface area contributed by atoms with Crippen LogP contribution in [0.15, 0.2) is 36.4 Å². The highest BCUT2D eigenvalue weighted by Crippen LogP contribution is 2.27. The van der Waals surface area contributed by atoms with Crippen LogP contribution in [0.3, 0.4) is 0 Å². The molecule has 0 bridgehead atoms. The van der Waals surface area contributed by atoms with Crippen LogP contribution in [0.4, 0.5) is 8.78 Å². The zero-order valence-corrected chi connectivity index (χ0v) is 18.4. The van der Waals surface area contributed by atoms with Gasteiger partial charge in [0.15, 0.2) is 0 Å². The van der Waals surface area contributed by atoms with Crippen LogP contribution in [0.1, 0.15) is 75.9 Å². The Labute approximate surface area is 178 Å². The second-order valence-corrected chi connectivity index (χ2v) is 8.53. The predicted octanol–water partition coefficient (Wildman–Crippen LogP) is 5.29. The quantitative estimate of drug-likeness (QED) is 0.712. The first kappa shape index (κ1) is 25.2. The van der Waals surface area contributed by atoms with Crippen molar-refractivity contribution in [2.24, 2.45) is 11.5 Å². The summed E-state index contributed by atoms with van der Waals surface area (Å²) in [6, 6.07) is 13.4. The van der Waals surface area contributed by atoms with E-state index in [1.54, 1.807) is 65.8 Å². The molecule has 6 heteroatoms. The summed E-state index contributed by atoms with van der Waals surface area (Å²) in [5.41, 5.74) is 12.0. The van der Waals surface area contributed by atoms with Gasteiger partial charge in [-0.1, -0.05) is 24.3 Å². The molecule has 0 saturated heterocycles. The Morgan fingerprint density at radius 2 is 1.03 bits per heavy atom. The largest absolute Gasteiger partial charge is 0.324 e. The van der Waals surface area contributed by atoms with Gasteiger partial charge in [0.2, 0.25) is 0 Å². The molecule has 2 aromatic carbocycles. The van der Waals surface area contributed by atoms with E-state index in [-0.39, 0.29) is 23.7 Å². The highest BCUT2D eigenvalue weighted by Gasteiger charge is 2.24. The zero-order chi connectivity index (χ0) is 23.3. The van der Waals surface area contributed by atoms with Gasteiger partial charge in [-0.15, -0.1) is 0 Å². The highest BCUT2D eigenvalue weighted by atomic mass is 19.1. The smallest absolute Gasteiger partial charge is 0.128 e. The summed E-state index contributed by atoms with van der Waals surface area (Å²) in [4.78, 5) is 0. The molecule has 160 valence electrons. The van der Waals surface area contributed by atoms with E-state index in [2.05, 4.69) is 12.1 Å². The topological polar surface area (TPSA) is 99.6 Å². The molecule has 4 nitrogen and oxygen atoms in total. The summed E-state index contributed by atoms with van der Waals surface area (Å²) in [5, 5.41) is 17.8. The molecule has 0 aliphatic heterocycles. The number of hydrogen-bond acceptors (Lipinski definition) is 4. The fourth-order valence-electron chi connectivity index (χ4n) is 2.76. The van der Waals surface area contributed by atoms with Crippen LogP contribution >= 0.6 is 0 Å². The molecule has 0 radical (unpaired) electrons. The summed E-state index contributed by atoms with van der Waals surface area (Å²) < 4.78 is 27.4. The van der Waals surface area contributed by atoms with Gasteiger partial charge in [0.25, 0.3) is 0 Å². The third-order valence-corrected chi connectivity index (χ3v) is 4.94. The lowest BCUT2D eigenvalue weighted by Gasteiger charge is -2.17. The zero-order valence-electron chi connectivity index (χ0n) is 18.4. The normalized spacial score (nSPS) is 13.3. The lowest BCUT2D eigenvalue weighted by molar-refractivity contribution is 0.561. The Kier molecular flexibility index (Phi) is 8.25. The lowest BCUT2D eigenvalue weighted by atomic mass is 9.85. The minimum atomic E-state index is -0.805. The molecule has 0 saturated carbocycles. The maximum Gasteiger partial charge on any atom is 0.128 e. The third kappa shape index (κ3) is 6.10. The molecule has 0 fully saturated rings. The molecule has 0 heterocycles. The molecule has 2 aromatic rings. The van der Waals surface area contributed by atoms with Gasteiger partial charge in [0.05, 0.1) is 23.0 Å². The second-order valence-electron chi connectivity index (χ2n) is 8.53. The summed E-state index contributed by atoms with van der Waals surface area (Å²) >= 11 is 0. The van der Waals surface area contributed by atoms with Crippen LogP contribution in [0.2, 0.25) is 0 Å². The van der Waals surface area contributed by atoms with E-state index in [0.717, 1.165) is 11.1 Å². The van der Waals surface area contributed by atoms with Gasteiger partial charge in [0, 0.05) is 23.2 Å². The van der Waals surface area contributed by atoms with Crippen molar-refractivity contribution in [2.45, 2.75) is 64.5 Å². The monoisotopic (exact) mass is 412 g/mol. The number of nitrogens with two attached hydrogens (primary N) is 2. The van der Waals surface area contributed by atoms with E-state index in [4.69, 9.17) is 22.0 Å². The Hall–Kier alpha value is -2.80. The fourth-order valence-corrected chi connectivity index (χ4v) is 2.76. The number of nitrogens with zero attached hydrogens (tertiary/aromatic N) is 2. The van der Waals surface area contributed by atoms with Crippen molar-refractivity contribution in [3.63, 3.8) is 0 Å². The van der Waals surface area contributed by atoms with Crippen molar-refractivity contribution in [2.75, 3.05) is 0 Å². The van der Waals surface area contributed by atoms with Gasteiger partial charge >= 0.3 is 0 Å². The molecule has 30 heavy (non-hydrogen) atoms. The third-order valence-electron chi connectivity index (χ3n) is 4.94. The summed E-state index contributed by atoms with van der Waals surface area (Å²) in [5.74, 6) is -0.729. The average molecular weight is 413 g/mol. The van der Waals surface area contributed by atoms with Crippen molar-refractivity contribution in [1.29, 1.82) is 10.5 Å². The van der Waals surface area contributed by atoms with E-state index in [0.29, 0.717) is 11.1 Å². The molecule has 0 amide bonds. The van der Waals surface area contributed by atoms with Gasteiger partial charge < -0.3 is 11.5 Å². The van der Waals surface area contributed by atoms with Gasteiger partial charge in [-0.2, -0.15) is 10.5 Å². The maximum absolute atomic E-state index is 13.7. The van der Waals surface area contributed by atoms with E-state index < -0.39 is 10.8 Å². The van der Waals surface area contributed by atoms with Crippen molar-refractivity contribution < 1.29 is 8.78 Å². The Balaban J connectivity index is 0.000000300. The van der Waals surface area contributed by atoms with Crippen LogP contribution < -0.4 is 11.5 Å². The number of benzene rings is 2. The number of hydrogen-bond donors (Lipinski definition) is 2. The molecule has 2 atom stereocenters. The highest BCUT2D eigenvalue weighted by molar-refractivity contribution is 5.36. The molecule has 0 spiro atoms. The first-order valence-corrected chi connectivity index (χ1v) is 9.70. The first-order chi connectivity index (χ1) is 13.8. The number of rotatable bonds is 4. The van der Waals surface area contributed by atoms with Crippen LogP contribution in [0.5, 0.6) is 0 Å². The van der Waals surface area contributed by atoms with E-state index in [1.165, 1.54) is 12.1 Å². The van der Waals surface area contributed by atoms with Gasteiger partial charge in [-0.05, 0) is 64.8 Å². The summed E-state index contributed by atoms with van der Waals surface area (Å²) in [7, 11) is 0. The molecule has 2 unspecified atom stereocenters. The van der Waals surface area contributed by atoms with Crippen molar-refractivity contribution in [3.05, 3.63) is 70.3 Å². The SMILES string of the molecule is CC(N)c1ccc(C(C)(C)C#N)c(F)c1.CC(N)c1ccc(C(C)(C)C#N)c(F)c1. The molecule has 4 N–H and O–H groups in total. The standard InChI is InChI=1S/2C12H15FN2/c2*1-8(15)9-4-5-10(11(13)6-9)12(2,3)7-14/h2*4-6,8H,15H2,1-3H3. The molecular weight excluding hydrogens is 382 g/mol. The van der Waals surface area contributed by atoms with Crippen molar-refractivity contribution in [3.8, 4) is 12.1 Å². The lowest BCUT2D eigenvalue weighted by Crippen LogP contribution is -2.17. The summed E-state index contributed by atoms with van der Waals surface area (Å²) in [6.07, 6.45) is 0. The van der Waals surface area contributed by atoms with Gasteiger partial charge in [-0.3, -0.25) is 0 Å². The minimum Gasteiger partial charge on any atom is -0.324 e. The molecule has 0 aromatic heterocycles. The Morgan fingerprint density at radius 1 is 0.733 bits per heavy atom. The van der Waals surface area contributed by atoms with Gasteiger partial charge in [0.1, 0.15) is 11.6 Å². The van der Waals surface area contributed by atoms with Crippen LogP contribution in [-0.2, 0) is 10.8 Å². The second kappa shape index (κ2) is 9.80. The van der Waals surface area contributed by atoms with Gasteiger partial charge in [-0.25, -0.2) is 8.78 Å². The fraction of sp³-hybridized carbons (Fsp3) is 0.417. The average Bonchev–Trinajstić information content (AvgIpc) is 2.67. The number of nitriles is 2. The molecular formula is C24H30F2N4. The summed E-state index contributed by atoms with van der Waals surface area (Å²) in [6.45, 7) is 10.4. The Morgan fingerprint density at radius 3 is 1.23 bits per heavy atom. The van der Waals surface area contributed by atoms with Crippen LogP contribution in [0, 0.1) is 34.3 Å². The maximum atomic E-state index is 13.7.